The summed E-state index contributed by atoms with van der Waals surface area (Å²) >= 11 is 7.31. The summed E-state index contributed by atoms with van der Waals surface area (Å²) in [6.07, 6.45) is 1.93. The van der Waals surface area contributed by atoms with Gasteiger partial charge in [0, 0.05) is 15.5 Å². The van der Waals surface area contributed by atoms with E-state index in [1.54, 1.807) is 12.1 Å². The van der Waals surface area contributed by atoms with Crippen molar-refractivity contribution in [1.29, 1.82) is 5.41 Å². The van der Waals surface area contributed by atoms with Gasteiger partial charge in [-0.3, -0.25) is 5.41 Å². The third kappa shape index (κ3) is 1.93. The SMILES string of the molecule is CSc1cc(Cl)ccc1C(=N)N. The van der Waals surface area contributed by atoms with Crippen LogP contribution in [0, 0.1) is 5.41 Å². The van der Waals surface area contributed by atoms with Crippen molar-refractivity contribution in [2.75, 3.05) is 6.26 Å². The molecule has 4 heteroatoms. The van der Waals surface area contributed by atoms with Gasteiger partial charge in [0.05, 0.1) is 0 Å². The van der Waals surface area contributed by atoms with Crippen molar-refractivity contribution in [1.82, 2.24) is 0 Å². The molecule has 1 rings (SSSR count). The number of hydrogen-bond acceptors (Lipinski definition) is 2. The molecule has 0 saturated heterocycles. The second-order valence-electron chi connectivity index (χ2n) is 2.26. The van der Waals surface area contributed by atoms with Crippen molar-refractivity contribution in [3.05, 3.63) is 28.8 Å². The van der Waals surface area contributed by atoms with E-state index in [1.807, 2.05) is 12.3 Å². The number of nitrogens with one attached hydrogen (secondary N) is 1. The normalized spacial score (nSPS) is 9.83. The Morgan fingerprint density at radius 2 is 2.25 bits per heavy atom. The fraction of sp³-hybridized carbons (Fsp3) is 0.125. The van der Waals surface area contributed by atoms with Crippen molar-refractivity contribution < 1.29 is 0 Å². The maximum absolute atomic E-state index is 7.27. The van der Waals surface area contributed by atoms with Crippen molar-refractivity contribution in [2.24, 2.45) is 5.73 Å². The molecule has 0 aliphatic heterocycles. The van der Waals surface area contributed by atoms with Crippen molar-refractivity contribution >= 4 is 29.2 Å². The first-order valence-corrected chi connectivity index (χ1v) is 4.93. The van der Waals surface area contributed by atoms with Gasteiger partial charge in [0.2, 0.25) is 0 Å². The smallest absolute Gasteiger partial charge is 0.123 e. The van der Waals surface area contributed by atoms with E-state index in [0.717, 1.165) is 10.5 Å². The molecule has 1 aromatic rings. The number of nitrogen functional groups attached to an aromatic ring is 1. The summed E-state index contributed by atoms with van der Waals surface area (Å²) in [5, 5.41) is 7.94. The lowest BCUT2D eigenvalue weighted by Crippen LogP contribution is -2.11. The van der Waals surface area contributed by atoms with Crippen LogP contribution in [0.15, 0.2) is 23.1 Å². The first-order chi connectivity index (χ1) is 5.65. The Morgan fingerprint density at radius 3 is 2.75 bits per heavy atom. The van der Waals surface area contributed by atoms with E-state index in [-0.39, 0.29) is 5.84 Å². The van der Waals surface area contributed by atoms with Crippen LogP contribution in [0.2, 0.25) is 5.02 Å². The van der Waals surface area contributed by atoms with Gasteiger partial charge in [-0.25, -0.2) is 0 Å². The molecule has 0 spiro atoms. The number of rotatable bonds is 2. The Hall–Kier alpha value is -0.670. The van der Waals surface area contributed by atoms with E-state index < -0.39 is 0 Å². The van der Waals surface area contributed by atoms with Crippen LogP contribution in [0.25, 0.3) is 0 Å². The lowest BCUT2D eigenvalue weighted by molar-refractivity contribution is 1.35. The zero-order chi connectivity index (χ0) is 9.14. The highest BCUT2D eigenvalue weighted by atomic mass is 35.5. The quantitative estimate of drug-likeness (QED) is 0.438. The highest BCUT2D eigenvalue weighted by Crippen LogP contribution is 2.23. The Bertz CT molecular complexity index is 312. The fourth-order valence-electron chi connectivity index (χ4n) is 0.888. The van der Waals surface area contributed by atoms with E-state index >= 15 is 0 Å². The summed E-state index contributed by atoms with van der Waals surface area (Å²) in [5.74, 6) is 0.0796. The molecule has 2 nitrogen and oxygen atoms in total. The number of amidine groups is 1. The van der Waals surface area contributed by atoms with Crippen LogP contribution in [0.4, 0.5) is 0 Å². The molecule has 0 saturated carbocycles. The van der Waals surface area contributed by atoms with Crippen LogP contribution in [0.1, 0.15) is 5.56 Å². The Balaban J connectivity index is 3.20. The van der Waals surface area contributed by atoms with Crippen molar-refractivity contribution in [3.63, 3.8) is 0 Å². The monoisotopic (exact) mass is 200 g/mol. The van der Waals surface area contributed by atoms with E-state index in [9.17, 15) is 0 Å². The summed E-state index contributed by atoms with van der Waals surface area (Å²) in [7, 11) is 0. The largest absolute Gasteiger partial charge is 0.384 e. The van der Waals surface area contributed by atoms with Gasteiger partial charge in [0.1, 0.15) is 5.84 Å². The van der Waals surface area contributed by atoms with E-state index in [4.69, 9.17) is 22.7 Å². The molecule has 0 aromatic heterocycles. The van der Waals surface area contributed by atoms with E-state index in [0.29, 0.717) is 5.02 Å². The third-order valence-corrected chi connectivity index (χ3v) is 2.47. The molecule has 0 aliphatic rings. The molecule has 0 bridgehead atoms. The lowest BCUT2D eigenvalue weighted by atomic mass is 10.2. The number of thioether (sulfide) groups is 1. The van der Waals surface area contributed by atoms with Gasteiger partial charge in [0.15, 0.2) is 0 Å². The Morgan fingerprint density at radius 1 is 1.58 bits per heavy atom. The number of hydrogen-bond donors (Lipinski definition) is 2. The molecule has 0 aliphatic carbocycles. The number of halogens is 1. The molecule has 12 heavy (non-hydrogen) atoms. The fourth-order valence-corrected chi connectivity index (χ4v) is 1.77. The molecule has 0 fully saturated rings. The molecule has 3 N–H and O–H groups in total. The molecule has 0 amide bonds. The van der Waals surface area contributed by atoms with E-state index in [1.165, 1.54) is 11.8 Å². The second kappa shape index (κ2) is 3.83. The van der Waals surface area contributed by atoms with Gasteiger partial charge in [-0.05, 0) is 24.5 Å². The minimum absolute atomic E-state index is 0.0796. The highest BCUT2D eigenvalue weighted by molar-refractivity contribution is 7.98. The molecular weight excluding hydrogens is 192 g/mol. The maximum Gasteiger partial charge on any atom is 0.123 e. The first-order valence-electron chi connectivity index (χ1n) is 3.33. The lowest BCUT2D eigenvalue weighted by Gasteiger charge is -2.04. The minimum atomic E-state index is 0.0796. The van der Waals surface area contributed by atoms with Gasteiger partial charge in [-0.2, -0.15) is 0 Å². The van der Waals surface area contributed by atoms with Crippen LogP contribution in [-0.2, 0) is 0 Å². The predicted molar refractivity (Wildman–Crippen MR) is 54.2 cm³/mol. The van der Waals surface area contributed by atoms with Crippen molar-refractivity contribution in [3.8, 4) is 0 Å². The molecule has 0 unspecified atom stereocenters. The van der Waals surface area contributed by atoms with Crippen LogP contribution in [-0.4, -0.2) is 12.1 Å². The standard InChI is InChI=1S/C8H9ClN2S/c1-12-7-4-5(9)2-3-6(7)8(10)11/h2-4H,1H3,(H3,10,11). The van der Waals surface area contributed by atoms with Gasteiger partial charge < -0.3 is 5.73 Å². The summed E-state index contributed by atoms with van der Waals surface area (Å²) in [5.41, 5.74) is 6.11. The molecule has 0 heterocycles. The first kappa shape index (κ1) is 9.42. The Kier molecular flexibility index (Phi) is 3.00. The summed E-state index contributed by atoms with van der Waals surface area (Å²) < 4.78 is 0. The van der Waals surface area contributed by atoms with Crippen LogP contribution in [0.3, 0.4) is 0 Å². The highest BCUT2D eigenvalue weighted by Gasteiger charge is 2.03. The number of nitrogens with two attached hydrogens (primary N) is 1. The second-order valence-corrected chi connectivity index (χ2v) is 3.54. The van der Waals surface area contributed by atoms with Gasteiger partial charge in [-0.15, -0.1) is 11.8 Å². The minimum Gasteiger partial charge on any atom is -0.384 e. The van der Waals surface area contributed by atoms with Crippen LogP contribution >= 0.6 is 23.4 Å². The van der Waals surface area contributed by atoms with Crippen molar-refractivity contribution in [2.45, 2.75) is 4.90 Å². The summed E-state index contributed by atoms with van der Waals surface area (Å²) in [4.78, 5) is 0.940. The molecule has 0 atom stereocenters. The van der Waals surface area contributed by atoms with E-state index in [2.05, 4.69) is 0 Å². The average Bonchev–Trinajstić information content (AvgIpc) is 2.03. The molecule has 64 valence electrons. The molecule has 1 aromatic carbocycles. The van der Waals surface area contributed by atoms with Gasteiger partial charge in [-0.1, -0.05) is 11.6 Å². The summed E-state index contributed by atoms with van der Waals surface area (Å²) in [6, 6.07) is 5.30. The third-order valence-electron chi connectivity index (χ3n) is 1.45. The maximum atomic E-state index is 7.27. The molecular formula is C8H9ClN2S. The Labute approximate surface area is 80.6 Å². The average molecular weight is 201 g/mol. The zero-order valence-corrected chi connectivity index (χ0v) is 8.17. The molecule has 0 radical (unpaired) electrons. The van der Waals surface area contributed by atoms with Gasteiger partial charge in [0.25, 0.3) is 0 Å². The van der Waals surface area contributed by atoms with Gasteiger partial charge >= 0.3 is 0 Å². The summed E-state index contributed by atoms with van der Waals surface area (Å²) in [6.45, 7) is 0. The zero-order valence-electron chi connectivity index (χ0n) is 6.60. The van der Waals surface area contributed by atoms with Crippen LogP contribution < -0.4 is 5.73 Å². The predicted octanol–water partition coefficient (Wildman–Crippen LogP) is 2.35. The van der Waals surface area contributed by atoms with Crippen LogP contribution in [0.5, 0.6) is 0 Å². The number of benzene rings is 1. The topological polar surface area (TPSA) is 49.9 Å².